The number of hydrogen-bond acceptors (Lipinski definition) is 4. The van der Waals surface area contributed by atoms with Gasteiger partial charge in [0.2, 0.25) is 5.91 Å². The minimum Gasteiger partial charge on any atom is -0.385 e. The van der Waals surface area contributed by atoms with Crippen LogP contribution in [0.15, 0.2) is 0 Å². The molecule has 1 amide bonds. The Balaban J connectivity index is 0.00000361. The lowest BCUT2D eigenvalue weighted by molar-refractivity contribution is -0.170. The first-order chi connectivity index (χ1) is 8.90. The van der Waals surface area contributed by atoms with Gasteiger partial charge in [0.1, 0.15) is 5.54 Å². The summed E-state index contributed by atoms with van der Waals surface area (Å²) in [4.78, 5) is 12.2. The summed E-state index contributed by atoms with van der Waals surface area (Å²) in [6, 6.07) is 0. The first-order valence-electron chi connectivity index (χ1n) is 7.08. The number of rotatable bonds is 8. The SMILES string of the molecule is CCOC1CC(N)(C(=O)NCCCCOC)C1(C)C.Cl. The summed E-state index contributed by atoms with van der Waals surface area (Å²) >= 11 is 0. The van der Waals surface area contributed by atoms with Crippen LogP contribution in [0.3, 0.4) is 0 Å². The van der Waals surface area contributed by atoms with E-state index in [0.29, 0.717) is 19.6 Å². The van der Waals surface area contributed by atoms with Crippen molar-refractivity contribution in [3.05, 3.63) is 0 Å². The van der Waals surface area contributed by atoms with E-state index in [0.717, 1.165) is 19.4 Å². The summed E-state index contributed by atoms with van der Waals surface area (Å²) in [7, 11) is 1.68. The standard InChI is InChI=1S/C14H28N2O3.ClH/c1-5-19-11-10-14(15,13(11,2)3)12(17)16-8-6-7-9-18-4;/h11H,5-10,15H2,1-4H3,(H,16,17);1H. The van der Waals surface area contributed by atoms with Gasteiger partial charge in [0.25, 0.3) is 0 Å². The lowest BCUT2D eigenvalue weighted by Gasteiger charge is -2.57. The predicted molar refractivity (Wildman–Crippen MR) is 82.1 cm³/mol. The maximum atomic E-state index is 12.2. The van der Waals surface area contributed by atoms with Crippen LogP contribution >= 0.6 is 12.4 Å². The third-order valence-corrected chi connectivity index (χ3v) is 4.30. The quantitative estimate of drug-likeness (QED) is 0.666. The molecule has 3 N–H and O–H groups in total. The van der Waals surface area contributed by atoms with Crippen LogP contribution in [0, 0.1) is 5.41 Å². The Morgan fingerprint density at radius 1 is 1.40 bits per heavy atom. The summed E-state index contributed by atoms with van der Waals surface area (Å²) in [6.07, 6.45) is 2.52. The van der Waals surface area contributed by atoms with Gasteiger partial charge in [-0.1, -0.05) is 13.8 Å². The van der Waals surface area contributed by atoms with E-state index in [2.05, 4.69) is 5.32 Å². The molecule has 1 saturated carbocycles. The third-order valence-electron chi connectivity index (χ3n) is 4.30. The molecule has 0 radical (unpaired) electrons. The highest BCUT2D eigenvalue weighted by atomic mass is 35.5. The van der Waals surface area contributed by atoms with Crippen LogP contribution < -0.4 is 11.1 Å². The number of nitrogens with two attached hydrogens (primary N) is 1. The molecular weight excluding hydrogens is 280 g/mol. The molecule has 0 heterocycles. The molecule has 120 valence electrons. The second-order valence-electron chi connectivity index (χ2n) is 5.80. The van der Waals surface area contributed by atoms with Gasteiger partial charge >= 0.3 is 0 Å². The van der Waals surface area contributed by atoms with Gasteiger partial charge in [-0.3, -0.25) is 4.79 Å². The van der Waals surface area contributed by atoms with Crippen molar-refractivity contribution in [2.75, 3.05) is 26.9 Å². The number of carbonyl (C=O) groups excluding carboxylic acids is 1. The molecule has 6 heteroatoms. The number of methoxy groups -OCH3 is 1. The molecule has 1 fully saturated rings. The van der Waals surface area contributed by atoms with Crippen LogP contribution in [-0.2, 0) is 14.3 Å². The van der Waals surface area contributed by atoms with Crippen molar-refractivity contribution in [3.63, 3.8) is 0 Å². The maximum Gasteiger partial charge on any atom is 0.240 e. The minimum atomic E-state index is -0.811. The molecule has 0 aromatic rings. The van der Waals surface area contributed by atoms with Crippen LogP contribution in [-0.4, -0.2) is 44.4 Å². The van der Waals surface area contributed by atoms with Gasteiger partial charge in [-0.2, -0.15) is 0 Å². The first kappa shape index (κ1) is 19.6. The van der Waals surface area contributed by atoms with E-state index in [9.17, 15) is 4.79 Å². The number of carbonyl (C=O) groups is 1. The molecule has 0 spiro atoms. The van der Waals surface area contributed by atoms with E-state index in [1.165, 1.54) is 0 Å². The van der Waals surface area contributed by atoms with Gasteiger partial charge in [-0.25, -0.2) is 0 Å². The van der Waals surface area contributed by atoms with Gasteiger partial charge in [0, 0.05) is 38.7 Å². The minimum absolute atomic E-state index is 0. The summed E-state index contributed by atoms with van der Waals surface area (Å²) in [5.74, 6) is -0.0640. The van der Waals surface area contributed by atoms with Gasteiger partial charge in [0.05, 0.1) is 6.10 Å². The normalized spacial score (nSPS) is 27.4. The molecule has 1 aliphatic rings. The number of unbranched alkanes of at least 4 members (excludes halogenated alkanes) is 1. The number of halogens is 1. The molecule has 5 nitrogen and oxygen atoms in total. The highest BCUT2D eigenvalue weighted by molar-refractivity contribution is 5.88. The summed E-state index contributed by atoms with van der Waals surface area (Å²) in [5, 5.41) is 2.93. The van der Waals surface area contributed by atoms with Crippen molar-refractivity contribution in [2.45, 2.75) is 51.7 Å². The summed E-state index contributed by atoms with van der Waals surface area (Å²) < 4.78 is 10.6. The molecule has 0 saturated heterocycles. The summed E-state index contributed by atoms with van der Waals surface area (Å²) in [6.45, 7) is 7.99. The largest absolute Gasteiger partial charge is 0.385 e. The smallest absolute Gasteiger partial charge is 0.240 e. The maximum absolute atomic E-state index is 12.2. The third kappa shape index (κ3) is 3.85. The van der Waals surface area contributed by atoms with Gasteiger partial charge in [-0.05, 0) is 19.8 Å². The Kier molecular flexibility index (Phi) is 8.03. The predicted octanol–water partition coefficient (Wildman–Crippen LogP) is 1.48. The average Bonchev–Trinajstić information content (AvgIpc) is 2.37. The van der Waals surface area contributed by atoms with Crippen LogP contribution in [0.4, 0.5) is 0 Å². The van der Waals surface area contributed by atoms with E-state index in [1.54, 1.807) is 7.11 Å². The summed E-state index contributed by atoms with van der Waals surface area (Å²) in [5.41, 5.74) is 5.14. The molecule has 1 aliphatic carbocycles. The fourth-order valence-corrected chi connectivity index (χ4v) is 2.55. The zero-order valence-corrected chi connectivity index (χ0v) is 13.8. The van der Waals surface area contributed by atoms with Crippen LogP contribution in [0.25, 0.3) is 0 Å². The number of hydrogen-bond donors (Lipinski definition) is 2. The first-order valence-corrected chi connectivity index (χ1v) is 7.08. The Labute approximate surface area is 128 Å². The van der Waals surface area contributed by atoms with E-state index in [4.69, 9.17) is 15.2 Å². The average molecular weight is 309 g/mol. The second kappa shape index (κ2) is 8.17. The monoisotopic (exact) mass is 308 g/mol. The molecule has 2 atom stereocenters. The number of nitrogens with one attached hydrogen (secondary N) is 1. The topological polar surface area (TPSA) is 73.6 Å². The highest BCUT2D eigenvalue weighted by Gasteiger charge is 2.62. The molecule has 1 rings (SSSR count). The van der Waals surface area contributed by atoms with Crippen LogP contribution in [0.5, 0.6) is 0 Å². The van der Waals surface area contributed by atoms with E-state index >= 15 is 0 Å². The van der Waals surface area contributed by atoms with E-state index in [1.807, 2.05) is 20.8 Å². The van der Waals surface area contributed by atoms with E-state index in [-0.39, 0.29) is 29.8 Å². The van der Waals surface area contributed by atoms with Crippen LogP contribution in [0.1, 0.15) is 40.0 Å². The molecule has 0 aliphatic heterocycles. The van der Waals surface area contributed by atoms with Crippen LogP contribution in [0.2, 0.25) is 0 Å². The van der Waals surface area contributed by atoms with Gasteiger partial charge in [-0.15, -0.1) is 12.4 Å². The fraction of sp³-hybridized carbons (Fsp3) is 0.929. The Bertz CT molecular complexity index is 313. The van der Waals surface area contributed by atoms with Crippen molar-refractivity contribution < 1.29 is 14.3 Å². The van der Waals surface area contributed by atoms with Crippen molar-refractivity contribution in [1.82, 2.24) is 5.32 Å². The zero-order chi connectivity index (χ0) is 14.5. The number of amides is 1. The van der Waals surface area contributed by atoms with Gasteiger partial charge in [0.15, 0.2) is 0 Å². The lowest BCUT2D eigenvalue weighted by atomic mass is 9.54. The van der Waals surface area contributed by atoms with Crippen molar-refractivity contribution >= 4 is 18.3 Å². The zero-order valence-electron chi connectivity index (χ0n) is 13.0. The van der Waals surface area contributed by atoms with Crippen molar-refractivity contribution in [2.24, 2.45) is 11.1 Å². The molecule has 0 bridgehead atoms. The Morgan fingerprint density at radius 3 is 2.55 bits per heavy atom. The van der Waals surface area contributed by atoms with Gasteiger partial charge < -0.3 is 20.5 Å². The second-order valence-corrected chi connectivity index (χ2v) is 5.80. The molecule has 0 aromatic carbocycles. The van der Waals surface area contributed by atoms with Crippen molar-refractivity contribution in [3.8, 4) is 0 Å². The molecular formula is C14H29ClN2O3. The molecule has 20 heavy (non-hydrogen) atoms. The fourth-order valence-electron chi connectivity index (χ4n) is 2.55. The molecule has 0 aromatic heterocycles. The molecule has 2 unspecified atom stereocenters. The van der Waals surface area contributed by atoms with E-state index < -0.39 is 5.54 Å². The lowest BCUT2D eigenvalue weighted by Crippen LogP contribution is -2.75. The Morgan fingerprint density at radius 2 is 2.05 bits per heavy atom. The Hall–Kier alpha value is -0.360. The van der Waals surface area contributed by atoms with Crippen molar-refractivity contribution in [1.29, 1.82) is 0 Å². The highest BCUT2D eigenvalue weighted by Crippen LogP contribution is 2.49. The number of ether oxygens (including phenoxy) is 2.